The van der Waals surface area contributed by atoms with E-state index in [1.807, 2.05) is 36.4 Å². The summed E-state index contributed by atoms with van der Waals surface area (Å²) in [5, 5.41) is 14.1. The summed E-state index contributed by atoms with van der Waals surface area (Å²) in [6.07, 6.45) is 0. The zero-order valence-electron chi connectivity index (χ0n) is 14.4. The first-order chi connectivity index (χ1) is 13.7. The molecule has 0 aliphatic carbocycles. The average Bonchev–Trinajstić information content (AvgIpc) is 3.29. The molecule has 0 fully saturated rings. The quantitative estimate of drug-likeness (QED) is 0.351. The van der Waals surface area contributed by atoms with E-state index >= 15 is 0 Å². The number of halogens is 1. The smallest absolute Gasteiger partial charge is 0.348 e. The number of H-pyrrole nitrogens is 1. The molecule has 0 aliphatic heterocycles. The predicted molar refractivity (Wildman–Crippen MR) is 115 cm³/mol. The molecule has 3 N–H and O–H groups in total. The summed E-state index contributed by atoms with van der Waals surface area (Å²) in [5.74, 6) is 0.555. The molecule has 5 aromatic rings. The lowest BCUT2D eigenvalue weighted by molar-refractivity contribution is 1.04. The van der Waals surface area contributed by atoms with E-state index in [1.54, 1.807) is 11.3 Å². The molecule has 3 heterocycles. The van der Waals surface area contributed by atoms with Gasteiger partial charge in [0.25, 0.3) is 0 Å². The Morgan fingerprint density at radius 1 is 1.07 bits per heavy atom. The van der Waals surface area contributed by atoms with Gasteiger partial charge < -0.3 is 10.6 Å². The third kappa shape index (κ3) is 3.00. The van der Waals surface area contributed by atoms with Crippen LogP contribution >= 0.6 is 27.3 Å². The van der Waals surface area contributed by atoms with Crippen LogP contribution in [-0.4, -0.2) is 37.7 Å². The Balaban J connectivity index is 1.37. The fourth-order valence-electron chi connectivity index (χ4n) is 3.04. The van der Waals surface area contributed by atoms with Crippen molar-refractivity contribution in [2.75, 3.05) is 23.7 Å². The van der Waals surface area contributed by atoms with E-state index in [1.165, 1.54) is 4.40 Å². The van der Waals surface area contributed by atoms with Gasteiger partial charge in [-0.05, 0) is 30.3 Å². The highest BCUT2D eigenvalue weighted by molar-refractivity contribution is 9.10. The molecule has 5 rings (SSSR count). The minimum absolute atomic E-state index is 0.295. The van der Waals surface area contributed by atoms with Crippen molar-refractivity contribution in [3.8, 4) is 0 Å². The Bertz CT molecular complexity index is 1340. The van der Waals surface area contributed by atoms with E-state index in [2.05, 4.69) is 52.8 Å². The van der Waals surface area contributed by atoms with Crippen LogP contribution in [-0.2, 0) is 0 Å². The second-order valence-electron chi connectivity index (χ2n) is 6.12. The first kappa shape index (κ1) is 17.1. The van der Waals surface area contributed by atoms with Gasteiger partial charge in [-0.3, -0.25) is 0 Å². The van der Waals surface area contributed by atoms with Crippen molar-refractivity contribution in [1.29, 1.82) is 0 Å². The molecule has 0 saturated heterocycles. The maximum absolute atomic E-state index is 12.2. The van der Waals surface area contributed by atoms with Crippen molar-refractivity contribution in [3.05, 3.63) is 57.4 Å². The van der Waals surface area contributed by atoms with Crippen LogP contribution in [0.1, 0.15) is 0 Å². The van der Waals surface area contributed by atoms with Crippen molar-refractivity contribution < 1.29 is 0 Å². The standard InChI is InChI=1S/C18H14BrN7OS/c19-10-5-6-11-13(9-10)26-16(24-25-18(26)27)15(22-11)20-7-8-21-17-23-12-3-1-2-4-14(12)28-17/h1-6,9H,7-8H2,(H,20,22)(H,21,23)(H,25,27). The van der Waals surface area contributed by atoms with Crippen molar-refractivity contribution in [2.45, 2.75) is 0 Å². The van der Waals surface area contributed by atoms with Crippen LogP contribution in [0.15, 0.2) is 51.7 Å². The maximum atomic E-state index is 12.2. The molecule has 0 atom stereocenters. The van der Waals surface area contributed by atoms with Gasteiger partial charge in [0.05, 0.1) is 21.3 Å². The fraction of sp³-hybridized carbons (Fsp3) is 0.111. The summed E-state index contributed by atoms with van der Waals surface area (Å²) in [4.78, 5) is 21.4. The molecular weight excluding hydrogens is 442 g/mol. The Morgan fingerprint density at radius 3 is 2.82 bits per heavy atom. The SMILES string of the molecule is O=c1[nH]nc2c(NCCNc3nc4ccccc4s3)nc3ccc(Br)cc3n12. The molecule has 0 radical (unpaired) electrons. The molecule has 0 aliphatic rings. The Hall–Kier alpha value is -2.98. The summed E-state index contributed by atoms with van der Waals surface area (Å²) >= 11 is 5.05. The van der Waals surface area contributed by atoms with Crippen molar-refractivity contribution in [2.24, 2.45) is 0 Å². The van der Waals surface area contributed by atoms with Crippen LogP contribution in [0.4, 0.5) is 10.9 Å². The van der Waals surface area contributed by atoms with Crippen LogP contribution in [0, 0.1) is 0 Å². The van der Waals surface area contributed by atoms with E-state index < -0.39 is 0 Å². The Kier molecular flexibility index (Phi) is 4.21. The summed E-state index contributed by atoms with van der Waals surface area (Å²) in [7, 11) is 0. The monoisotopic (exact) mass is 455 g/mol. The number of fused-ring (bicyclic) bond motifs is 4. The second kappa shape index (κ2) is 6.88. The molecule has 140 valence electrons. The number of benzene rings is 2. The lowest BCUT2D eigenvalue weighted by atomic mass is 10.3. The Morgan fingerprint density at radius 2 is 1.93 bits per heavy atom. The number of thiazole rings is 1. The fourth-order valence-corrected chi connectivity index (χ4v) is 4.28. The summed E-state index contributed by atoms with van der Waals surface area (Å²) in [6, 6.07) is 13.7. The number of nitrogens with zero attached hydrogens (tertiary/aromatic N) is 4. The average molecular weight is 456 g/mol. The topological polar surface area (TPSA) is 100 Å². The zero-order valence-corrected chi connectivity index (χ0v) is 16.8. The number of aromatic nitrogens is 5. The zero-order chi connectivity index (χ0) is 19.1. The van der Waals surface area contributed by atoms with Crippen molar-refractivity contribution in [3.63, 3.8) is 0 Å². The number of aromatic amines is 1. The molecule has 28 heavy (non-hydrogen) atoms. The maximum Gasteiger partial charge on any atom is 0.348 e. The summed E-state index contributed by atoms with van der Waals surface area (Å²) in [5.41, 5.74) is 2.57. The minimum Gasteiger partial charge on any atom is -0.365 e. The highest BCUT2D eigenvalue weighted by atomic mass is 79.9. The number of hydrogen-bond acceptors (Lipinski definition) is 7. The van der Waals surface area contributed by atoms with Gasteiger partial charge in [-0.2, -0.15) is 0 Å². The normalized spacial score (nSPS) is 11.5. The molecule has 0 unspecified atom stereocenters. The molecule has 3 aromatic heterocycles. The number of anilines is 2. The van der Waals surface area contributed by atoms with Crippen LogP contribution < -0.4 is 16.3 Å². The summed E-state index contributed by atoms with van der Waals surface area (Å²) in [6.45, 7) is 1.25. The molecule has 0 amide bonds. The third-order valence-electron chi connectivity index (χ3n) is 4.28. The van der Waals surface area contributed by atoms with Crippen LogP contribution in [0.3, 0.4) is 0 Å². The second-order valence-corrected chi connectivity index (χ2v) is 8.07. The van der Waals surface area contributed by atoms with Crippen LogP contribution in [0.25, 0.3) is 26.9 Å². The minimum atomic E-state index is -0.295. The van der Waals surface area contributed by atoms with E-state index in [0.29, 0.717) is 35.6 Å². The van der Waals surface area contributed by atoms with E-state index in [-0.39, 0.29) is 5.69 Å². The molecular formula is C18H14BrN7OS. The van der Waals surface area contributed by atoms with Gasteiger partial charge in [-0.15, -0.1) is 5.10 Å². The first-order valence-electron chi connectivity index (χ1n) is 8.59. The van der Waals surface area contributed by atoms with Crippen molar-refractivity contribution >= 4 is 65.1 Å². The van der Waals surface area contributed by atoms with Gasteiger partial charge >= 0.3 is 5.69 Å². The molecule has 0 bridgehead atoms. The van der Waals surface area contributed by atoms with Gasteiger partial charge in [0.1, 0.15) is 0 Å². The number of rotatable bonds is 5. The molecule has 0 saturated carbocycles. The predicted octanol–water partition coefficient (Wildman–Crippen LogP) is 3.47. The third-order valence-corrected chi connectivity index (χ3v) is 5.77. The molecule has 8 nitrogen and oxygen atoms in total. The highest BCUT2D eigenvalue weighted by Gasteiger charge is 2.13. The van der Waals surface area contributed by atoms with Crippen LogP contribution in [0.2, 0.25) is 0 Å². The number of para-hydroxylation sites is 1. The lowest BCUT2D eigenvalue weighted by Crippen LogP contribution is -2.16. The summed E-state index contributed by atoms with van der Waals surface area (Å²) < 4.78 is 3.55. The van der Waals surface area contributed by atoms with E-state index in [4.69, 9.17) is 0 Å². The lowest BCUT2D eigenvalue weighted by Gasteiger charge is -2.09. The van der Waals surface area contributed by atoms with Gasteiger partial charge in [-0.25, -0.2) is 24.3 Å². The first-order valence-corrected chi connectivity index (χ1v) is 10.2. The van der Waals surface area contributed by atoms with Gasteiger partial charge in [0.2, 0.25) is 5.65 Å². The molecule has 0 spiro atoms. The van der Waals surface area contributed by atoms with E-state index in [0.717, 1.165) is 19.8 Å². The number of nitrogens with one attached hydrogen (secondary N) is 3. The largest absolute Gasteiger partial charge is 0.365 e. The van der Waals surface area contributed by atoms with Gasteiger partial charge in [0, 0.05) is 17.6 Å². The van der Waals surface area contributed by atoms with Gasteiger partial charge in [-0.1, -0.05) is 39.4 Å². The van der Waals surface area contributed by atoms with E-state index in [9.17, 15) is 4.79 Å². The van der Waals surface area contributed by atoms with Gasteiger partial charge in [0.15, 0.2) is 10.9 Å². The van der Waals surface area contributed by atoms with Crippen LogP contribution in [0.5, 0.6) is 0 Å². The molecule has 10 heteroatoms. The Labute approximate surface area is 170 Å². The highest BCUT2D eigenvalue weighted by Crippen LogP contribution is 2.25. The molecule has 2 aromatic carbocycles. The number of hydrogen-bond donors (Lipinski definition) is 3. The van der Waals surface area contributed by atoms with Crippen molar-refractivity contribution in [1.82, 2.24) is 24.6 Å².